The van der Waals surface area contributed by atoms with E-state index in [1.807, 2.05) is 24.3 Å². The highest BCUT2D eigenvalue weighted by Gasteiger charge is 2.26. The first-order valence-electron chi connectivity index (χ1n) is 8.53. The highest BCUT2D eigenvalue weighted by Crippen LogP contribution is 2.30. The molecule has 0 aliphatic heterocycles. The number of aromatic amines is 1. The molecule has 0 spiro atoms. The van der Waals surface area contributed by atoms with Crippen molar-refractivity contribution in [2.45, 2.75) is 12.3 Å². The summed E-state index contributed by atoms with van der Waals surface area (Å²) in [6, 6.07) is 12.6. The molecule has 146 valence electrons. The van der Waals surface area contributed by atoms with Crippen LogP contribution in [-0.2, 0) is 11.2 Å². The predicted molar refractivity (Wildman–Crippen MR) is 102 cm³/mol. The molecule has 9 nitrogen and oxygen atoms in total. The molecular formula is C19H21N5O4. The van der Waals surface area contributed by atoms with E-state index in [0.29, 0.717) is 29.4 Å². The Morgan fingerprint density at radius 1 is 1.04 bits per heavy atom. The van der Waals surface area contributed by atoms with Crippen LogP contribution in [-0.4, -0.2) is 47.9 Å². The number of methoxy groups -OCH3 is 3. The van der Waals surface area contributed by atoms with Gasteiger partial charge in [-0.15, -0.1) is 10.2 Å². The van der Waals surface area contributed by atoms with E-state index >= 15 is 0 Å². The van der Waals surface area contributed by atoms with Crippen molar-refractivity contribution in [3.8, 4) is 17.2 Å². The van der Waals surface area contributed by atoms with Gasteiger partial charge in [0.15, 0.2) is 17.3 Å². The molecule has 0 unspecified atom stereocenters. The first kappa shape index (κ1) is 19.2. The molecule has 1 aromatic heterocycles. The molecule has 0 radical (unpaired) electrons. The molecule has 3 aromatic rings. The number of rotatable bonds is 8. The van der Waals surface area contributed by atoms with Crippen LogP contribution in [0.2, 0.25) is 0 Å². The molecule has 0 saturated carbocycles. The summed E-state index contributed by atoms with van der Waals surface area (Å²) in [6.07, 6.45) is 0.405. The van der Waals surface area contributed by atoms with Gasteiger partial charge in [0, 0.05) is 11.8 Å². The van der Waals surface area contributed by atoms with Gasteiger partial charge in [-0.05, 0) is 36.2 Å². The number of H-pyrrole nitrogens is 1. The van der Waals surface area contributed by atoms with Crippen LogP contribution < -0.4 is 19.5 Å². The van der Waals surface area contributed by atoms with Crippen LogP contribution in [0.15, 0.2) is 42.5 Å². The van der Waals surface area contributed by atoms with Crippen LogP contribution in [0.4, 0.5) is 5.69 Å². The lowest BCUT2D eigenvalue weighted by atomic mass is 9.97. The van der Waals surface area contributed by atoms with Crippen molar-refractivity contribution in [1.29, 1.82) is 0 Å². The van der Waals surface area contributed by atoms with Crippen LogP contribution in [0.25, 0.3) is 0 Å². The minimum Gasteiger partial charge on any atom is -0.497 e. The maximum Gasteiger partial charge on any atom is 0.235 e. The van der Waals surface area contributed by atoms with Gasteiger partial charge < -0.3 is 19.5 Å². The van der Waals surface area contributed by atoms with Crippen molar-refractivity contribution >= 4 is 11.6 Å². The number of nitrogens with one attached hydrogen (secondary N) is 2. The van der Waals surface area contributed by atoms with Gasteiger partial charge in [-0.2, -0.15) is 5.21 Å². The number of nitrogens with zero attached hydrogens (tertiary/aromatic N) is 3. The molecule has 0 aliphatic carbocycles. The number of carbonyl (C=O) groups excluding carboxylic acids is 1. The molecule has 0 fully saturated rings. The standard InChI is InChI=1S/C19H21N5O4/c1-26-14-7-4-12(5-8-14)10-15(18-21-23-24-22-18)19(25)20-13-6-9-16(27-2)17(11-13)28-3/h4-9,11,15H,10H2,1-3H3,(H,20,25)(H,21,22,23,24)/t15-/m1/s1. The lowest BCUT2D eigenvalue weighted by Gasteiger charge is -2.15. The van der Waals surface area contributed by atoms with Gasteiger partial charge >= 0.3 is 0 Å². The minimum absolute atomic E-state index is 0.260. The van der Waals surface area contributed by atoms with Gasteiger partial charge in [0.1, 0.15) is 11.7 Å². The van der Waals surface area contributed by atoms with Crippen molar-refractivity contribution in [3.05, 3.63) is 53.9 Å². The number of amides is 1. The van der Waals surface area contributed by atoms with E-state index in [1.165, 1.54) is 7.11 Å². The van der Waals surface area contributed by atoms with Gasteiger partial charge in [-0.1, -0.05) is 17.3 Å². The summed E-state index contributed by atoms with van der Waals surface area (Å²) >= 11 is 0. The quantitative estimate of drug-likeness (QED) is 0.613. The lowest BCUT2D eigenvalue weighted by Crippen LogP contribution is -2.24. The van der Waals surface area contributed by atoms with Crippen LogP contribution in [0.5, 0.6) is 17.2 Å². The molecule has 0 bridgehead atoms. The Morgan fingerprint density at radius 2 is 1.79 bits per heavy atom. The highest BCUT2D eigenvalue weighted by atomic mass is 16.5. The van der Waals surface area contributed by atoms with Gasteiger partial charge in [-0.25, -0.2) is 0 Å². The minimum atomic E-state index is -0.625. The van der Waals surface area contributed by atoms with Crippen LogP contribution in [0.1, 0.15) is 17.3 Å². The van der Waals surface area contributed by atoms with Crippen molar-refractivity contribution in [3.63, 3.8) is 0 Å². The fraction of sp³-hybridized carbons (Fsp3) is 0.263. The third-order valence-corrected chi connectivity index (χ3v) is 4.24. The van der Waals surface area contributed by atoms with Gasteiger partial charge in [0.2, 0.25) is 5.91 Å². The van der Waals surface area contributed by atoms with Crippen LogP contribution in [0.3, 0.4) is 0 Å². The molecule has 0 aliphatic rings. The first-order valence-corrected chi connectivity index (χ1v) is 8.53. The Hall–Kier alpha value is -3.62. The molecular weight excluding hydrogens is 362 g/mol. The summed E-state index contributed by atoms with van der Waals surface area (Å²) in [5, 5.41) is 16.8. The average molecular weight is 383 g/mol. The van der Waals surface area contributed by atoms with E-state index in [0.717, 1.165) is 11.3 Å². The Bertz CT molecular complexity index is 913. The molecule has 1 amide bonds. The average Bonchev–Trinajstić information content (AvgIpc) is 3.26. The van der Waals surface area contributed by atoms with E-state index in [1.54, 1.807) is 32.4 Å². The van der Waals surface area contributed by atoms with E-state index in [4.69, 9.17) is 14.2 Å². The number of ether oxygens (including phenoxy) is 3. The lowest BCUT2D eigenvalue weighted by molar-refractivity contribution is -0.117. The second kappa shape index (κ2) is 8.85. The molecule has 0 saturated heterocycles. The molecule has 1 heterocycles. The number of hydrogen-bond donors (Lipinski definition) is 2. The van der Waals surface area contributed by atoms with Gasteiger partial charge in [0.05, 0.1) is 21.3 Å². The van der Waals surface area contributed by atoms with Crippen molar-refractivity contribution in [1.82, 2.24) is 20.6 Å². The SMILES string of the molecule is COc1ccc(C[C@@H](C(=O)Nc2ccc(OC)c(OC)c2)c2nn[nH]n2)cc1. The highest BCUT2D eigenvalue weighted by molar-refractivity contribution is 5.95. The summed E-state index contributed by atoms with van der Waals surface area (Å²) in [6.45, 7) is 0. The summed E-state index contributed by atoms with van der Waals surface area (Å²) in [5.41, 5.74) is 1.52. The largest absolute Gasteiger partial charge is 0.497 e. The maximum atomic E-state index is 13.0. The second-order valence-electron chi connectivity index (χ2n) is 5.93. The van der Waals surface area contributed by atoms with Crippen LogP contribution >= 0.6 is 0 Å². The number of carbonyl (C=O) groups is 1. The van der Waals surface area contributed by atoms with E-state index in [2.05, 4.69) is 25.9 Å². The molecule has 28 heavy (non-hydrogen) atoms. The van der Waals surface area contributed by atoms with Crippen molar-refractivity contribution in [2.75, 3.05) is 26.6 Å². The molecule has 3 rings (SSSR count). The summed E-state index contributed by atoms with van der Waals surface area (Å²) in [7, 11) is 4.69. The Kier molecular flexibility index (Phi) is 6.05. The molecule has 9 heteroatoms. The smallest absolute Gasteiger partial charge is 0.235 e. The third-order valence-electron chi connectivity index (χ3n) is 4.24. The first-order chi connectivity index (χ1) is 13.6. The summed E-state index contributed by atoms with van der Waals surface area (Å²) in [5.74, 6) is 1.27. The van der Waals surface area contributed by atoms with Gasteiger partial charge in [-0.3, -0.25) is 4.79 Å². The number of benzene rings is 2. The Labute approximate surface area is 162 Å². The number of anilines is 1. The van der Waals surface area contributed by atoms with Crippen molar-refractivity contribution < 1.29 is 19.0 Å². The molecule has 2 aromatic carbocycles. The topological polar surface area (TPSA) is 111 Å². The van der Waals surface area contributed by atoms with E-state index < -0.39 is 5.92 Å². The zero-order valence-corrected chi connectivity index (χ0v) is 15.8. The van der Waals surface area contributed by atoms with E-state index in [9.17, 15) is 4.79 Å². The normalized spacial score (nSPS) is 11.5. The van der Waals surface area contributed by atoms with Crippen molar-refractivity contribution in [2.24, 2.45) is 0 Å². The molecule has 1 atom stereocenters. The number of tetrazole rings is 1. The van der Waals surface area contributed by atoms with E-state index in [-0.39, 0.29) is 5.91 Å². The summed E-state index contributed by atoms with van der Waals surface area (Å²) < 4.78 is 15.7. The Balaban J connectivity index is 1.81. The monoisotopic (exact) mass is 383 g/mol. The molecule has 2 N–H and O–H groups in total. The maximum absolute atomic E-state index is 13.0. The number of aromatic nitrogens is 4. The zero-order chi connectivity index (χ0) is 19.9. The summed E-state index contributed by atoms with van der Waals surface area (Å²) in [4.78, 5) is 13.0. The second-order valence-corrected chi connectivity index (χ2v) is 5.93. The Morgan fingerprint density at radius 3 is 2.39 bits per heavy atom. The predicted octanol–water partition coefficient (Wildman–Crippen LogP) is 2.19. The van der Waals surface area contributed by atoms with Gasteiger partial charge in [0.25, 0.3) is 0 Å². The zero-order valence-electron chi connectivity index (χ0n) is 15.8. The fourth-order valence-corrected chi connectivity index (χ4v) is 2.76. The fourth-order valence-electron chi connectivity index (χ4n) is 2.76. The number of hydrogen-bond acceptors (Lipinski definition) is 7. The van der Waals surface area contributed by atoms with Crippen LogP contribution in [0, 0.1) is 0 Å². The third kappa shape index (κ3) is 4.37.